The number of benzene rings is 1. The summed E-state index contributed by atoms with van der Waals surface area (Å²) in [5, 5.41) is 6.23. The normalized spacial score (nSPS) is 19.2. The maximum Gasteiger partial charge on any atom is 0.273 e. The molecule has 39 heavy (non-hydrogen) atoms. The summed E-state index contributed by atoms with van der Waals surface area (Å²) in [5.74, 6) is -0.0895. The van der Waals surface area contributed by atoms with Crippen molar-refractivity contribution in [3.05, 3.63) is 45.7 Å². The number of halogens is 2. The maximum atomic E-state index is 12.5. The molecule has 2 saturated heterocycles. The van der Waals surface area contributed by atoms with Crippen molar-refractivity contribution < 1.29 is 9.59 Å². The Hall–Kier alpha value is -2.66. The number of carbonyl (C=O) groups is 2. The molecule has 2 aliphatic rings. The van der Waals surface area contributed by atoms with Gasteiger partial charge in [0.25, 0.3) is 5.91 Å². The Bertz CT molecular complexity index is 1140. The highest BCUT2D eigenvalue weighted by Crippen LogP contribution is 2.30. The minimum atomic E-state index is -0.475. The van der Waals surface area contributed by atoms with Crippen LogP contribution in [0.1, 0.15) is 49.2 Å². The van der Waals surface area contributed by atoms with Gasteiger partial charge in [0, 0.05) is 63.3 Å². The van der Waals surface area contributed by atoms with E-state index in [-0.39, 0.29) is 29.1 Å². The number of hydrogen-bond donors (Lipinski definition) is 3. The molecule has 12 heteroatoms. The van der Waals surface area contributed by atoms with Crippen LogP contribution in [0.25, 0.3) is 0 Å². The number of aromatic nitrogens is 2. The molecule has 1 aromatic carbocycles. The lowest BCUT2D eigenvalue weighted by Crippen LogP contribution is -2.58. The van der Waals surface area contributed by atoms with Crippen LogP contribution in [0.15, 0.2) is 24.3 Å². The standard InChI is InChI=1S/C27H38Cl2N8O2/c1-3-21-17-36(26-24(29)33-23(25(30)34-26)27(39)32-11-10-31-18(2)38)14-15-37(21)22-8-12-35(13-9-22)16-19-4-6-20(28)7-5-19/h4-7,21-22H,3,8-17H2,1-2H3,(H2,30,34)(H,31,38)(H,32,39)/t21-/m0/s1. The molecule has 2 aromatic rings. The van der Waals surface area contributed by atoms with Gasteiger partial charge in [0.1, 0.15) is 0 Å². The van der Waals surface area contributed by atoms with E-state index in [1.807, 2.05) is 12.1 Å². The molecule has 0 aliphatic carbocycles. The first-order valence-electron chi connectivity index (χ1n) is 13.6. The number of nitrogens with two attached hydrogens (primary N) is 1. The van der Waals surface area contributed by atoms with Crippen molar-refractivity contribution >= 4 is 46.7 Å². The minimum absolute atomic E-state index is 0.0115. The van der Waals surface area contributed by atoms with Crippen LogP contribution in [0.2, 0.25) is 10.2 Å². The van der Waals surface area contributed by atoms with Crippen molar-refractivity contribution in [3.63, 3.8) is 0 Å². The number of nitrogens with one attached hydrogen (secondary N) is 2. The summed E-state index contributed by atoms with van der Waals surface area (Å²) in [6.45, 7) is 9.74. The van der Waals surface area contributed by atoms with E-state index in [1.54, 1.807) is 0 Å². The Morgan fingerprint density at radius 3 is 2.38 bits per heavy atom. The number of carbonyl (C=O) groups excluding carboxylic acids is 2. The Morgan fingerprint density at radius 1 is 1.03 bits per heavy atom. The zero-order valence-electron chi connectivity index (χ0n) is 22.6. The van der Waals surface area contributed by atoms with Gasteiger partial charge < -0.3 is 21.3 Å². The number of hydrogen-bond acceptors (Lipinski definition) is 8. The lowest BCUT2D eigenvalue weighted by atomic mass is 9.98. The SMILES string of the molecule is CC[C@H]1CN(c2nc(N)c(C(=O)NCCNC(C)=O)nc2Cl)CCN1C1CCN(Cc2ccc(Cl)cc2)CC1. The zero-order chi connectivity index (χ0) is 27.9. The molecule has 1 atom stereocenters. The molecule has 0 spiro atoms. The molecule has 10 nitrogen and oxygen atoms in total. The third kappa shape index (κ3) is 7.72. The lowest BCUT2D eigenvalue weighted by Gasteiger charge is -2.47. The quantitative estimate of drug-likeness (QED) is 0.390. The number of piperidine rings is 1. The second-order valence-electron chi connectivity index (χ2n) is 10.2. The number of nitrogen functional groups attached to an aromatic ring is 1. The van der Waals surface area contributed by atoms with E-state index < -0.39 is 5.91 Å². The first kappa shape index (κ1) is 29.3. The van der Waals surface area contributed by atoms with Gasteiger partial charge in [-0.05, 0) is 50.0 Å². The van der Waals surface area contributed by atoms with Crippen molar-refractivity contribution in [1.29, 1.82) is 0 Å². The molecule has 3 heterocycles. The fraction of sp³-hybridized carbons (Fsp3) is 0.556. The van der Waals surface area contributed by atoms with Gasteiger partial charge in [-0.2, -0.15) is 0 Å². The molecule has 0 bridgehead atoms. The molecule has 4 rings (SSSR count). The number of nitrogens with zero attached hydrogens (tertiary/aromatic N) is 5. The van der Waals surface area contributed by atoms with Crippen molar-refractivity contribution in [2.45, 2.75) is 51.7 Å². The highest BCUT2D eigenvalue weighted by molar-refractivity contribution is 6.32. The first-order valence-corrected chi connectivity index (χ1v) is 14.3. The molecular weight excluding hydrogens is 539 g/mol. The van der Waals surface area contributed by atoms with Crippen LogP contribution in [-0.2, 0) is 11.3 Å². The molecule has 212 valence electrons. The average molecular weight is 578 g/mol. The van der Waals surface area contributed by atoms with Crippen LogP contribution in [-0.4, -0.2) is 89.5 Å². The topological polar surface area (TPSA) is 120 Å². The Kier molecular flexibility index (Phi) is 10.2. The van der Waals surface area contributed by atoms with Gasteiger partial charge in [-0.15, -0.1) is 0 Å². The summed E-state index contributed by atoms with van der Waals surface area (Å²) in [5.41, 5.74) is 7.41. The van der Waals surface area contributed by atoms with Crippen molar-refractivity contribution in [1.82, 2.24) is 30.4 Å². The maximum absolute atomic E-state index is 12.5. The van der Waals surface area contributed by atoms with Gasteiger partial charge in [-0.25, -0.2) is 9.97 Å². The summed E-state index contributed by atoms with van der Waals surface area (Å²) >= 11 is 12.5. The molecule has 2 amide bonds. The monoisotopic (exact) mass is 576 g/mol. The largest absolute Gasteiger partial charge is 0.382 e. The molecule has 2 aliphatic heterocycles. The lowest BCUT2D eigenvalue weighted by molar-refractivity contribution is -0.118. The second kappa shape index (κ2) is 13.6. The van der Waals surface area contributed by atoms with Gasteiger partial charge in [-0.3, -0.25) is 19.4 Å². The van der Waals surface area contributed by atoms with Crippen LogP contribution in [0.5, 0.6) is 0 Å². The number of rotatable bonds is 9. The van der Waals surface area contributed by atoms with Gasteiger partial charge in [0.05, 0.1) is 0 Å². The third-order valence-electron chi connectivity index (χ3n) is 7.51. The number of amides is 2. The Labute approximate surface area is 240 Å². The summed E-state index contributed by atoms with van der Waals surface area (Å²) in [4.78, 5) is 39.6. The van der Waals surface area contributed by atoms with Crippen LogP contribution < -0.4 is 21.3 Å². The molecular formula is C27H38Cl2N8O2. The minimum Gasteiger partial charge on any atom is -0.382 e. The Morgan fingerprint density at radius 2 is 1.72 bits per heavy atom. The van der Waals surface area contributed by atoms with E-state index in [4.69, 9.17) is 28.9 Å². The predicted octanol–water partition coefficient (Wildman–Crippen LogP) is 2.80. The van der Waals surface area contributed by atoms with Gasteiger partial charge in [0.2, 0.25) is 5.91 Å². The smallest absolute Gasteiger partial charge is 0.273 e. The Balaban J connectivity index is 1.32. The van der Waals surface area contributed by atoms with E-state index in [1.165, 1.54) is 12.5 Å². The molecule has 0 saturated carbocycles. The third-order valence-corrected chi connectivity index (χ3v) is 8.01. The van der Waals surface area contributed by atoms with E-state index >= 15 is 0 Å². The summed E-state index contributed by atoms with van der Waals surface area (Å²) < 4.78 is 0. The van der Waals surface area contributed by atoms with Gasteiger partial charge in [-0.1, -0.05) is 42.3 Å². The first-order chi connectivity index (χ1) is 18.7. The van der Waals surface area contributed by atoms with E-state index in [0.717, 1.165) is 63.6 Å². The van der Waals surface area contributed by atoms with E-state index in [9.17, 15) is 9.59 Å². The summed E-state index contributed by atoms with van der Waals surface area (Å²) in [7, 11) is 0. The fourth-order valence-corrected chi connectivity index (χ4v) is 5.82. The molecule has 0 unspecified atom stereocenters. The second-order valence-corrected chi connectivity index (χ2v) is 11.0. The van der Waals surface area contributed by atoms with Crippen molar-refractivity contribution in [2.75, 3.05) is 56.4 Å². The predicted molar refractivity (Wildman–Crippen MR) is 155 cm³/mol. The fourth-order valence-electron chi connectivity index (χ4n) is 5.45. The number of likely N-dealkylation sites (tertiary alicyclic amines) is 1. The molecule has 1 aromatic heterocycles. The molecule has 4 N–H and O–H groups in total. The van der Waals surface area contributed by atoms with Gasteiger partial charge >= 0.3 is 0 Å². The zero-order valence-corrected chi connectivity index (χ0v) is 24.1. The highest BCUT2D eigenvalue weighted by atomic mass is 35.5. The van der Waals surface area contributed by atoms with Crippen molar-refractivity contribution in [3.8, 4) is 0 Å². The highest BCUT2D eigenvalue weighted by Gasteiger charge is 2.34. The van der Waals surface area contributed by atoms with Crippen LogP contribution in [0.4, 0.5) is 11.6 Å². The van der Waals surface area contributed by atoms with Crippen LogP contribution in [0.3, 0.4) is 0 Å². The molecule has 0 radical (unpaired) electrons. The summed E-state index contributed by atoms with van der Waals surface area (Å²) in [6.07, 6.45) is 3.30. The number of anilines is 2. The van der Waals surface area contributed by atoms with Crippen LogP contribution in [0, 0.1) is 0 Å². The number of piperazine rings is 1. The molecule has 2 fully saturated rings. The van der Waals surface area contributed by atoms with Crippen molar-refractivity contribution in [2.24, 2.45) is 0 Å². The average Bonchev–Trinajstić information content (AvgIpc) is 2.93. The van der Waals surface area contributed by atoms with Crippen LogP contribution >= 0.6 is 23.2 Å². The van der Waals surface area contributed by atoms with Gasteiger partial charge in [0.15, 0.2) is 22.5 Å². The van der Waals surface area contributed by atoms with E-state index in [2.05, 4.69) is 54.4 Å². The summed E-state index contributed by atoms with van der Waals surface area (Å²) in [6, 6.07) is 9.04. The van der Waals surface area contributed by atoms with E-state index in [0.29, 0.717) is 24.4 Å².